The third kappa shape index (κ3) is 4.14. The van der Waals surface area contributed by atoms with Crippen molar-refractivity contribution in [3.8, 4) is 5.75 Å². The highest BCUT2D eigenvalue weighted by Gasteiger charge is 2.09. The molecule has 17 heavy (non-hydrogen) atoms. The minimum atomic E-state index is -0.436. The van der Waals surface area contributed by atoms with Crippen LogP contribution in [0.15, 0.2) is 18.2 Å². The van der Waals surface area contributed by atoms with Crippen molar-refractivity contribution < 1.29 is 19.4 Å². The van der Waals surface area contributed by atoms with Gasteiger partial charge in [-0.2, -0.15) is 0 Å². The van der Waals surface area contributed by atoms with E-state index >= 15 is 0 Å². The smallest absolute Gasteiger partial charge is 0.306 e. The molecule has 1 rings (SSSR count). The molecule has 0 fully saturated rings. The van der Waals surface area contributed by atoms with Crippen molar-refractivity contribution in [3.63, 3.8) is 0 Å². The fourth-order valence-electron chi connectivity index (χ4n) is 1.28. The van der Waals surface area contributed by atoms with Crippen LogP contribution in [0.2, 0.25) is 0 Å². The minimum Gasteiger partial charge on any atom is -0.506 e. The van der Waals surface area contributed by atoms with Crippen LogP contribution in [0.25, 0.3) is 0 Å². The second-order valence-electron chi connectivity index (χ2n) is 3.64. The van der Waals surface area contributed by atoms with E-state index in [4.69, 9.17) is 0 Å². The van der Waals surface area contributed by atoms with Gasteiger partial charge in [-0.25, -0.2) is 0 Å². The molecule has 0 aliphatic heterocycles. The summed E-state index contributed by atoms with van der Waals surface area (Å²) in [5, 5.41) is 12.0. The first-order valence-corrected chi connectivity index (χ1v) is 5.19. The largest absolute Gasteiger partial charge is 0.506 e. The van der Waals surface area contributed by atoms with E-state index in [0.29, 0.717) is 5.69 Å². The molecular formula is C12H15NO4. The lowest BCUT2D eigenvalue weighted by Crippen LogP contribution is -2.14. The summed E-state index contributed by atoms with van der Waals surface area (Å²) in [6, 6.07) is 4.90. The van der Waals surface area contributed by atoms with E-state index in [-0.39, 0.29) is 24.5 Å². The number of phenolic OH excluding ortho intramolecular Hbond substituents is 1. The Balaban J connectivity index is 2.56. The van der Waals surface area contributed by atoms with Crippen LogP contribution in [0.5, 0.6) is 5.75 Å². The molecule has 92 valence electrons. The molecule has 1 amide bonds. The van der Waals surface area contributed by atoms with Gasteiger partial charge in [-0.15, -0.1) is 0 Å². The summed E-state index contributed by atoms with van der Waals surface area (Å²) in [5.41, 5.74) is 1.27. The Hall–Kier alpha value is -2.04. The highest BCUT2D eigenvalue weighted by Crippen LogP contribution is 2.23. The molecule has 2 N–H and O–H groups in total. The van der Waals surface area contributed by atoms with E-state index in [9.17, 15) is 14.7 Å². The van der Waals surface area contributed by atoms with Gasteiger partial charge in [-0.1, -0.05) is 6.07 Å². The van der Waals surface area contributed by atoms with Crippen LogP contribution in [0.3, 0.4) is 0 Å². The van der Waals surface area contributed by atoms with Crippen molar-refractivity contribution in [2.24, 2.45) is 0 Å². The lowest BCUT2D eigenvalue weighted by Gasteiger charge is -2.07. The van der Waals surface area contributed by atoms with Crippen molar-refractivity contribution in [2.45, 2.75) is 19.8 Å². The van der Waals surface area contributed by atoms with Crippen LogP contribution in [0, 0.1) is 6.92 Å². The van der Waals surface area contributed by atoms with Gasteiger partial charge in [0.25, 0.3) is 0 Å². The zero-order chi connectivity index (χ0) is 12.8. The average molecular weight is 237 g/mol. The third-order valence-corrected chi connectivity index (χ3v) is 2.21. The molecule has 0 aromatic heterocycles. The standard InChI is InChI=1S/C12H15NO4/c1-8-3-4-10(14)9(7-8)13-11(15)5-6-12(16)17-2/h3-4,7,14H,5-6H2,1-2H3,(H,13,15). The number of hydrogen-bond donors (Lipinski definition) is 2. The summed E-state index contributed by atoms with van der Waals surface area (Å²) >= 11 is 0. The summed E-state index contributed by atoms with van der Waals surface area (Å²) in [7, 11) is 1.27. The number of rotatable bonds is 4. The summed E-state index contributed by atoms with van der Waals surface area (Å²) < 4.78 is 4.43. The maximum absolute atomic E-state index is 11.5. The number of carbonyl (C=O) groups excluding carboxylic acids is 2. The number of anilines is 1. The molecule has 1 aromatic rings. The third-order valence-electron chi connectivity index (χ3n) is 2.21. The van der Waals surface area contributed by atoms with Gasteiger partial charge in [0.15, 0.2) is 0 Å². The fourth-order valence-corrected chi connectivity index (χ4v) is 1.28. The number of aryl methyl sites for hydroxylation is 1. The quantitative estimate of drug-likeness (QED) is 0.616. The highest BCUT2D eigenvalue weighted by atomic mass is 16.5. The zero-order valence-corrected chi connectivity index (χ0v) is 9.82. The normalized spacial score (nSPS) is 9.76. The number of ether oxygens (including phenoxy) is 1. The van der Waals surface area contributed by atoms with Crippen LogP contribution in [0.4, 0.5) is 5.69 Å². The van der Waals surface area contributed by atoms with Gasteiger partial charge >= 0.3 is 5.97 Å². The van der Waals surface area contributed by atoms with Crippen molar-refractivity contribution in [1.29, 1.82) is 0 Å². The first kappa shape index (κ1) is 13.0. The summed E-state index contributed by atoms with van der Waals surface area (Å²) in [4.78, 5) is 22.3. The van der Waals surface area contributed by atoms with E-state index < -0.39 is 5.97 Å². The van der Waals surface area contributed by atoms with Crippen LogP contribution < -0.4 is 5.32 Å². The average Bonchev–Trinajstić information content (AvgIpc) is 2.30. The van der Waals surface area contributed by atoms with Gasteiger partial charge in [0.05, 0.1) is 19.2 Å². The molecule has 0 heterocycles. The van der Waals surface area contributed by atoms with Gasteiger partial charge in [0.1, 0.15) is 5.75 Å². The SMILES string of the molecule is COC(=O)CCC(=O)Nc1cc(C)ccc1O. The molecule has 0 saturated heterocycles. The molecule has 0 atom stereocenters. The van der Waals surface area contributed by atoms with Gasteiger partial charge in [-0.3, -0.25) is 9.59 Å². The van der Waals surface area contributed by atoms with E-state index in [1.165, 1.54) is 13.2 Å². The van der Waals surface area contributed by atoms with Gasteiger partial charge in [0.2, 0.25) is 5.91 Å². The van der Waals surface area contributed by atoms with Crippen LogP contribution >= 0.6 is 0 Å². The number of aromatic hydroxyl groups is 1. The maximum Gasteiger partial charge on any atom is 0.306 e. The Morgan fingerprint density at radius 3 is 2.71 bits per heavy atom. The van der Waals surface area contributed by atoms with Crippen molar-refractivity contribution >= 4 is 17.6 Å². The van der Waals surface area contributed by atoms with Crippen LogP contribution in [-0.2, 0) is 14.3 Å². The highest BCUT2D eigenvalue weighted by molar-refractivity contribution is 5.93. The first-order chi connectivity index (χ1) is 8.02. The second-order valence-corrected chi connectivity index (χ2v) is 3.64. The molecule has 0 saturated carbocycles. The molecule has 0 radical (unpaired) electrons. The maximum atomic E-state index is 11.5. The summed E-state index contributed by atoms with van der Waals surface area (Å²) in [6.45, 7) is 1.85. The number of benzene rings is 1. The van der Waals surface area contributed by atoms with Crippen molar-refractivity contribution in [3.05, 3.63) is 23.8 Å². The van der Waals surface area contributed by atoms with Gasteiger partial charge in [0, 0.05) is 6.42 Å². The van der Waals surface area contributed by atoms with Gasteiger partial charge in [-0.05, 0) is 24.6 Å². The van der Waals surface area contributed by atoms with E-state index in [1.807, 2.05) is 6.92 Å². The Morgan fingerprint density at radius 1 is 1.35 bits per heavy atom. The fraction of sp³-hybridized carbons (Fsp3) is 0.333. The molecule has 5 heteroatoms. The molecule has 0 aliphatic carbocycles. The molecule has 0 spiro atoms. The topological polar surface area (TPSA) is 75.6 Å². The lowest BCUT2D eigenvalue weighted by atomic mass is 10.2. The molecule has 0 bridgehead atoms. The van der Waals surface area contributed by atoms with Crippen LogP contribution in [0.1, 0.15) is 18.4 Å². The number of carbonyl (C=O) groups is 2. The van der Waals surface area contributed by atoms with Crippen molar-refractivity contribution in [1.82, 2.24) is 0 Å². The summed E-state index contributed by atoms with van der Waals surface area (Å²) in [6.07, 6.45) is 0.0506. The number of phenols is 1. The lowest BCUT2D eigenvalue weighted by molar-refractivity contribution is -0.141. The monoisotopic (exact) mass is 237 g/mol. The second kappa shape index (κ2) is 5.89. The molecule has 0 aliphatic rings. The number of amides is 1. The van der Waals surface area contributed by atoms with E-state index in [1.54, 1.807) is 12.1 Å². The number of esters is 1. The zero-order valence-electron chi connectivity index (χ0n) is 9.82. The Bertz CT molecular complexity index is 429. The first-order valence-electron chi connectivity index (χ1n) is 5.19. The van der Waals surface area contributed by atoms with E-state index in [0.717, 1.165) is 5.56 Å². The van der Waals surface area contributed by atoms with Crippen molar-refractivity contribution in [2.75, 3.05) is 12.4 Å². The number of nitrogens with one attached hydrogen (secondary N) is 1. The Morgan fingerprint density at radius 2 is 2.06 bits per heavy atom. The van der Waals surface area contributed by atoms with Gasteiger partial charge < -0.3 is 15.2 Å². The molecule has 0 unspecified atom stereocenters. The predicted molar refractivity (Wildman–Crippen MR) is 62.7 cm³/mol. The molecule has 5 nitrogen and oxygen atoms in total. The Labute approximate surface area is 99.4 Å². The number of hydrogen-bond acceptors (Lipinski definition) is 4. The minimum absolute atomic E-state index is 0.00187. The Kier molecular flexibility index (Phi) is 4.51. The molecule has 1 aromatic carbocycles. The van der Waals surface area contributed by atoms with E-state index in [2.05, 4.69) is 10.1 Å². The predicted octanol–water partition coefficient (Wildman–Crippen LogP) is 1.59. The number of methoxy groups -OCH3 is 1. The van der Waals surface area contributed by atoms with Crippen LogP contribution in [-0.4, -0.2) is 24.1 Å². The molecular weight excluding hydrogens is 222 g/mol. The summed E-state index contributed by atoms with van der Waals surface area (Å²) in [5.74, 6) is -0.771.